The van der Waals surface area contributed by atoms with Gasteiger partial charge in [0.25, 0.3) is 0 Å². The number of imidazole rings is 1. The molecule has 0 bridgehead atoms. The van der Waals surface area contributed by atoms with Crippen molar-refractivity contribution in [3.05, 3.63) is 17.4 Å². The summed E-state index contributed by atoms with van der Waals surface area (Å²) in [6.07, 6.45) is 0.705. The van der Waals surface area contributed by atoms with E-state index in [9.17, 15) is 14.4 Å². The molecule has 0 spiro atoms. The predicted molar refractivity (Wildman–Crippen MR) is 81.0 cm³/mol. The minimum absolute atomic E-state index is 0.00322. The minimum Gasteiger partial charge on any atom is -0.394 e. The number of aliphatic hydroxyl groups excluding tert-OH is 1. The second kappa shape index (κ2) is 6.08. The average molecular weight is 335 g/mol. The molecule has 3 heterocycles. The van der Waals surface area contributed by atoms with Gasteiger partial charge in [-0.05, 0) is 0 Å². The highest BCUT2D eigenvalue weighted by Gasteiger charge is 2.56. The predicted octanol–water partition coefficient (Wildman–Crippen LogP) is -0.896. The van der Waals surface area contributed by atoms with Gasteiger partial charge in [-0.25, -0.2) is 14.4 Å². The number of fused-ring (bicyclic) bond motifs is 1. The fourth-order valence-corrected chi connectivity index (χ4v) is 2.73. The van der Waals surface area contributed by atoms with Crippen LogP contribution < -0.4 is 11.5 Å². The molecule has 2 aromatic heterocycles. The van der Waals surface area contributed by atoms with Crippen molar-refractivity contribution in [2.45, 2.75) is 23.9 Å². The number of nitrogens with two attached hydrogens (primary N) is 2. The van der Waals surface area contributed by atoms with E-state index in [1.165, 1.54) is 17.1 Å². The summed E-state index contributed by atoms with van der Waals surface area (Å²) in [6, 6.07) is -1.21. The Bertz CT molecular complexity index is 832. The summed E-state index contributed by atoms with van der Waals surface area (Å²) < 4.78 is 19.6. The molecule has 126 valence electrons. The third kappa shape index (κ3) is 2.37. The number of hydrogen-bond acceptors (Lipinski definition) is 9. The third-order valence-electron chi connectivity index (χ3n) is 3.81. The zero-order valence-electron chi connectivity index (χ0n) is 12.3. The van der Waals surface area contributed by atoms with Crippen molar-refractivity contribution in [2.24, 2.45) is 10.9 Å². The summed E-state index contributed by atoms with van der Waals surface area (Å²) in [7, 11) is 0. The molecule has 11 heteroatoms. The summed E-state index contributed by atoms with van der Waals surface area (Å²) in [5.74, 6) is 4.69. The van der Waals surface area contributed by atoms with E-state index >= 15 is 0 Å². The average Bonchev–Trinajstić information content (AvgIpc) is 3.10. The van der Waals surface area contributed by atoms with Crippen LogP contribution in [0.5, 0.6) is 0 Å². The van der Waals surface area contributed by atoms with E-state index in [1.54, 1.807) is 0 Å². The fourth-order valence-electron chi connectivity index (χ4n) is 2.73. The molecule has 2 aromatic rings. The molecule has 1 aliphatic heterocycles. The number of rotatable bonds is 3. The van der Waals surface area contributed by atoms with E-state index in [-0.39, 0.29) is 5.95 Å². The number of nitrogens with zero attached hydrogens (tertiary/aromatic N) is 5. The number of ether oxygens (including phenoxy) is 1. The Balaban J connectivity index is 2.15. The van der Waals surface area contributed by atoms with Gasteiger partial charge in [-0.3, -0.25) is 4.57 Å². The maximum atomic E-state index is 12.5. The van der Waals surface area contributed by atoms with E-state index in [0.29, 0.717) is 11.2 Å². The van der Waals surface area contributed by atoms with Crippen LogP contribution in [0.1, 0.15) is 6.23 Å². The molecule has 0 amide bonds. The monoisotopic (exact) mass is 335 g/mol. The maximum Gasteiger partial charge on any atom is 0.222 e. The van der Waals surface area contributed by atoms with Gasteiger partial charge < -0.3 is 21.3 Å². The van der Waals surface area contributed by atoms with Gasteiger partial charge in [0.15, 0.2) is 23.5 Å². The molecule has 3 rings (SSSR count). The van der Waals surface area contributed by atoms with Gasteiger partial charge >= 0.3 is 0 Å². The van der Waals surface area contributed by atoms with Crippen LogP contribution in [0.2, 0.25) is 0 Å². The van der Waals surface area contributed by atoms with Crippen LogP contribution in [-0.2, 0) is 4.74 Å². The molecule has 24 heavy (non-hydrogen) atoms. The Morgan fingerprint density at radius 1 is 1.54 bits per heavy atom. The molecular weight excluding hydrogens is 321 g/mol. The summed E-state index contributed by atoms with van der Waals surface area (Å²) in [4.78, 5) is 23.2. The zero-order chi connectivity index (χ0) is 17.3. The molecule has 0 aromatic carbocycles. The van der Waals surface area contributed by atoms with Crippen LogP contribution in [0.3, 0.4) is 0 Å². The fraction of sp³-hybridized carbons (Fsp3) is 0.462. The number of anilines is 1. The lowest BCUT2D eigenvalue weighted by atomic mass is 9.89. The second-order valence-corrected chi connectivity index (χ2v) is 5.22. The van der Waals surface area contributed by atoms with Crippen molar-refractivity contribution in [3.63, 3.8) is 0 Å². The van der Waals surface area contributed by atoms with Gasteiger partial charge in [0, 0.05) is 0 Å². The lowest BCUT2D eigenvalue weighted by Gasteiger charge is -2.27. The number of halogens is 1. The smallest absolute Gasteiger partial charge is 0.222 e. The van der Waals surface area contributed by atoms with E-state index < -0.39 is 37.2 Å². The van der Waals surface area contributed by atoms with Gasteiger partial charge in [-0.2, -0.15) is 9.89 Å². The van der Waals surface area contributed by atoms with Gasteiger partial charge in [0.05, 0.1) is 19.1 Å². The highest BCUT2D eigenvalue weighted by Crippen LogP contribution is 2.39. The number of hydrogen-bond donors (Lipinski definition) is 3. The lowest BCUT2D eigenvalue weighted by Crippen LogP contribution is -2.52. The highest BCUT2D eigenvalue weighted by molar-refractivity contribution is 5.70. The van der Waals surface area contributed by atoms with E-state index in [4.69, 9.17) is 16.2 Å². The molecule has 1 fully saturated rings. The second-order valence-electron chi connectivity index (χ2n) is 5.22. The molecule has 5 N–H and O–H groups in total. The summed E-state index contributed by atoms with van der Waals surface area (Å²) in [5.41, 5.74) is 10.9. The van der Waals surface area contributed by atoms with E-state index in [2.05, 4.69) is 32.0 Å². The minimum atomic E-state index is -1.67. The Hall–Kier alpha value is -2.68. The summed E-state index contributed by atoms with van der Waals surface area (Å²) >= 11 is 0. The van der Waals surface area contributed by atoms with Gasteiger partial charge in [-0.15, -0.1) is 0 Å². The number of nitrogen functional groups attached to an aromatic ring is 1. The Labute approximate surface area is 135 Å². The standard InChI is InChI=1S/C13H14FN7O3/c14-3-1-2-13(16)9(20-23)8(5-22)24-11(13)21-6-18-7-4-17-12(15)19-10(7)21/h4,6,8-9,11,22H,3,5,16H2,(H2,15,17,19)/t8-,9?,11-,13-/m1/s1. The first-order chi connectivity index (χ1) is 11.5. The van der Waals surface area contributed by atoms with E-state index in [0.717, 1.165) is 0 Å². The van der Waals surface area contributed by atoms with Gasteiger partial charge in [0.1, 0.15) is 18.3 Å². The number of alkyl halides is 1. The van der Waals surface area contributed by atoms with Crippen molar-refractivity contribution in [3.8, 4) is 11.8 Å². The van der Waals surface area contributed by atoms with Crippen LogP contribution >= 0.6 is 0 Å². The Morgan fingerprint density at radius 2 is 2.33 bits per heavy atom. The van der Waals surface area contributed by atoms with Crippen LogP contribution in [0.4, 0.5) is 10.3 Å². The molecule has 10 nitrogen and oxygen atoms in total. The first kappa shape index (κ1) is 16.2. The first-order valence-corrected chi connectivity index (χ1v) is 6.94. The van der Waals surface area contributed by atoms with Crippen molar-refractivity contribution in [1.29, 1.82) is 0 Å². The third-order valence-corrected chi connectivity index (χ3v) is 3.81. The molecule has 1 aliphatic rings. The van der Waals surface area contributed by atoms with Crippen LogP contribution in [0.15, 0.2) is 17.7 Å². The normalized spacial score (nSPS) is 29.4. The molecular formula is C13H14FN7O3. The molecule has 0 saturated carbocycles. The topological polar surface area (TPSA) is 155 Å². The zero-order valence-corrected chi connectivity index (χ0v) is 12.3. The van der Waals surface area contributed by atoms with E-state index in [1.807, 2.05) is 0 Å². The highest BCUT2D eigenvalue weighted by atomic mass is 19.1. The number of aliphatic hydroxyl groups is 1. The van der Waals surface area contributed by atoms with Crippen LogP contribution in [0.25, 0.3) is 11.2 Å². The summed E-state index contributed by atoms with van der Waals surface area (Å²) in [5, 5.41) is 12.4. The van der Waals surface area contributed by atoms with Gasteiger partial charge in [0.2, 0.25) is 5.95 Å². The van der Waals surface area contributed by atoms with Crippen molar-refractivity contribution in [2.75, 3.05) is 19.0 Å². The molecule has 1 saturated heterocycles. The summed E-state index contributed by atoms with van der Waals surface area (Å²) in [6.45, 7) is -1.46. The molecule has 1 unspecified atom stereocenters. The van der Waals surface area contributed by atoms with Crippen molar-refractivity contribution < 1.29 is 14.2 Å². The maximum absolute atomic E-state index is 12.5. The quantitative estimate of drug-likeness (QED) is 0.481. The van der Waals surface area contributed by atoms with Crippen LogP contribution in [-0.4, -0.2) is 55.6 Å². The number of nitroso groups, excluding NO2 is 1. The molecule has 4 atom stereocenters. The Kier molecular flexibility index (Phi) is 4.10. The van der Waals surface area contributed by atoms with Crippen LogP contribution in [0, 0.1) is 16.7 Å². The lowest BCUT2D eigenvalue weighted by molar-refractivity contribution is -0.0310. The number of aromatic nitrogens is 4. The largest absolute Gasteiger partial charge is 0.394 e. The SMILES string of the molecule is Nc1ncc2ncn([C@@H]3O[C@H](CO)C(N=O)[C@]3(N)C#CCF)c2n1. The van der Waals surface area contributed by atoms with Gasteiger partial charge in [-0.1, -0.05) is 17.0 Å². The molecule has 0 radical (unpaired) electrons. The van der Waals surface area contributed by atoms with Crippen molar-refractivity contribution in [1.82, 2.24) is 19.5 Å². The Morgan fingerprint density at radius 3 is 3.00 bits per heavy atom. The molecule has 0 aliphatic carbocycles. The first-order valence-electron chi connectivity index (χ1n) is 6.94. The van der Waals surface area contributed by atoms with Crippen molar-refractivity contribution >= 4 is 17.1 Å².